The molecule has 4 heteroatoms. The second kappa shape index (κ2) is 6.35. The fourth-order valence-corrected chi connectivity index (χ4v) is 3.10. The Balaban J connectivity index is 2.73. The molecule has 1 amide bonds. The molecule has 0 saturated heterocycles. The van der Waals surface area contributed by atoms with Gasteiger partial charge in [0.05, 0.1) is 11.3 Å². The van der Waals surface area contributed by atoms with Crippen LogP contribution in [-0.2, 0) is 0 Å². The largest absolute Gasteiger partial charge is 0.366 e. The molecule has 0 fully saturated rings. The van der Waals surface area contributed by atoms with Crippen LogP contribution < -0.4 is 5.73 Å². The van der Waals surface area contributed by atoms with Crippen LogP contribution in [0, 0.1) is 6.92 Å². The maximum Gasteiger partial charge on any atom is 0.250 e. The van der Waals surface area contributed by atoms with E-state index in [1.165, 1.54) is 0 Å². The van der Waals surface area contributed by atoms with Crippen LogP contribution in [0.4, 0.5) is 0 Å². The zero-order chi connectivity index (χ0) is 15.6. The van der Waals surface area contributed by atoms with Gasteiger partial charge >= 0.3 is 0 Å². The SMILES string of the molecule is CCC(CC)n1c(-c2ccccc2Cl)cc(C(N)=O)c1C. The quantitative estimate of drug-likeness (QED) is 0.863. The number of primary amides is 1. The predicted molar refractivity (Wildman–Crippen MR) is 87.8 cm³/mol. The molecule has 2 aromatic rings. The highest BCUT2D eigenvalue weighted by Crippen LogP contribution is 2.35. The maximum absolute atomic E-state index is 11.7. The standard InChI is InChI=1S/C17H21ClN2O/c1-4-12(5-2)20-11(3)14(17(19)21)10-16(20)13-8-6-7-9-15(13)18/h6-10,12H,4-5H2,1-3H3,(H2,19,21). The van der Waals surface area contributed by atoms with Crippen LogP contribution in [0.5, 0.6) is 0 Å². The van der Waals surface area contributed by atoms with Crippen LogP contribution in [0.15, 0.2) is 30.3 Å². The number of carbonyl (C=O) groups is 1. The van der Waals surface area contributed by atoms with Gasteiger partial charge in [0.1, 0.15) is 0 Å². The minimum Gasteiger partial charge on any atom is -0.366 e. The first-order valence-electron chi connectivity index (χ1n) is 7.27. The van der Waals surface area contributed by atoms with E-state index in [1.54, 1.807) is 0 Å². The number of nitrogens with zero attached hydrogens (tertiary/aromatic N) is 1. The molecule has 0 atom stereocenters. The Labute approximate surface area is 130 Å². The second-order valence-electron chi connectivity index (χ2n) is 5.21. The summed E-state index contributed by atoms with van der Waals surface area (Å²) in [6, 6.07) is 9.87. The lowest BCUT2D eigenvalue weighted by molar-refractivity contribution is 0.0999. The Kier molecular flexibility index (Phi) is 4.73. The molecule has 0 bridgehead atoms. The van der Waals surface area contributed by atoms with E-state index in [0.29, 0.717) is 16.6 Å². The van der Waals surface area contributed by atoms with E-state index in [9.17, 15) is 4.79 Å². The number of nitrogens with two attached hydrogens (primary N) is 1. The number of amides is 1. The Hall–Kier alpha value is -1.74. The van der Waals surface area contributed by atoms with Gasteiger partial charge in [0, 0.05) is 22.3 Å². The van der Waals surface area contributed by atoms with Crippen molar-refractivity contribution in [1.82, 2.24) is 4.57 Å². The van der Waals surface area contributed by atoms with Crippen LogP contribution in [0.2, 0.25) is 5.02 Å². The lowest BCUT2D eigenvalue weighted by Gasteiger charge is -2.21. The van der Waals surface area contributed by atoms with Crippen LogP contribution >= 0.6 is 11.6 Å². The van der Waals surface area contributed by atoms with Crippen molar-refractivity contribution in [3.63, 3.8) is 0 Å². The summed E-state index contributed by atoms with van der Waals surface area (Å²) >= 11 is 6.33. The molecule has 0 aliphatic rings. The van der Waals surface area contributed by atoms with Gasteiger partial charge in [-0.2, -0.15) is 0 Å². The van der Waals surface area contributed by atoms with Gasteiger partial charge in [-0.25, -0.2) is 0 Å². The minimum absolute atomic E-state index is 0.323. The number of carbonyl (C=O) groups excluding carboxylic acids is 1. The van der Waals surface area contributed by atoms with E-state index in [4.69, 9.17) is 17.3 Å². The van der Waals surface area contributed by atoms with E-state index >= 15 is 0 Å². The molecular formula is C17H21ClN2O. The van der Waals surface area contributed by atoms with Gasteiger partial charge < -0.3 is 10.3 Å². The van der Waals surface area contributed by atoms with E-state index < -0.39 is 5.91 Å². The van der Waals surface area contributed by atoms with Crippen molar-refractivity contribution in [2.75, 3.05) is 0 Å². The number of benzene rings is 1. The van der Waals surface area contributed by atoms with Crippen molar-refractivity contribution < 1.29 is 4.79 Å². The highest BCUT2D eigenvalue weighted by Gasteiger charge is 2.21. The van der Waals surface area contributed by atoms with Gasteiger partial charge in [-0.05, 0) is 31.9 Å². The second-order valence-corrected chi connectivity index (χ2v) is 5.62. The smallest absolute Gasteiger partial charge is 0.250 e. The molecule has 1 aromatic carbocycles. The Morgan fingerprint density at radius 2 is 1.90 bits per heavy atom. The summed E-state index contributed by atoms with van der Waals surface area (Å²) in [6.07, 6.45) is 1.98. The molecule has 1 aromatic heterocycles. The third-order valence-electron chi connectivity index (χ3n) is 4.01. The average molecular weight is 305 g/mol. The van der Waals surface area contributed by atoms with Crippen molar-refractivity contribution in [2.24, 2.45) is 5.73 Å². The van der Waals surface area contributed by atoms with Crippen LogP contribution in [0.25, 0.3) is 11.3 Å². The molecule has 0 aliphatic heterocycles. The number of halogens is 1. The lowest BCUT2D eigenvalue weighted by Crippen LogP contribution is -2.14. The molecule has 2 rings (SSSR count). The Bertz CT molecular complexity index is 657. The highest BCUT2D eigenvalue weighted by molar-refractivity contribution is 6.33. The third kappa shape index (κ3) is 2.84. The Morgan fingerprint density at radius 1 is 1.29 bits per heavy atom. The number of rotatable bonds is 5. The summed E-state index contributed by atoms with van der Waals surface area (Å²) in [5.41, 5.74) is 8.88. The molecule has 0 aliphatic carbocycles. The normalized spacial score (nSPS) is 11.1. The van der Waals surface area contributed by atoms with E-state index in [0.717, 1.165) is 29.8 Å². The van der Waals surface area contributed by atoms with Crippen LogP contribution in [-0.4, -0.2) is 10.5 Å². The topological polar surface area (TPSA) is 48.0 Å². The predicted octanol–water partition coefficient (Wildman–Crippen LogP) is 4.58. The Morgan fingerprint density at radius 3 is 2.43 bits per heavy atom. The van der Waals surface area contributed by atoms with Crippen molar-refractivity contribution in [3.8, 4) is 11.3 Å². The number of hydrogen-bond acceptors (Lipinski definition) is 1. The van der Waals surface area contributed by atoms with Crippen molar-refractivity contribution in [2.45, 2.75) is 39.7 Å². The molecule has 1 heterocycles. The monoisotopic (exact) mass is 304 g/mol. The molecule has 0 unspecified atom stereocenters. The summed E-state index contributed by atoms with van der Waals surface area (Å²) in [7, 11) is 0. The summed E-state index contributed by atoms with van der Waals surface area (Å²) < 4.78 is 2.20. The number of aromatic nitrogens is 1. The van der Waals surface area contributed by atoms with Crippen molar-refractivity contribution in [1.29, 1.82) is 0 Å². The summed E-state index contributed by atoms with van der Waals surface area (Å²) in [5, 5.41) is 0.679. The molecular weight excluding hydrogens is 284 g/mol. The molecule has 0 saturated carbocycles. The molecule has 3 nitrogen and oxygen atoms in total. The van der Waals surface area contributed by atoms with Crippen molar-refractivity contribution >= 4 is 17.5 Å². The lowest BCUT2D eigenvalue weighted by atomic mass is 10.1. The van der Waals surface area contributed by atoms with Gasteiger partial charge in [-0.15, -0.1) is 0 Å². The van der Waals surface area contributed by atoms with Gasteiger partial charge in [0.25, 0.3) is 5.91 Å². The first-order valence-corrected chi connectivity index (χ1v) is 7.65. The summed E-state index contributed by atoms with van der Waals surface area (Å²) in [5.74, 6) is -0.398. The van der Waals surface area contributed by atoms with E-state index in [2.05, 4.69) is 18.4 Å². The first-order chi connectivity index (χ1) is 10.0. The molecule has 112 valence electrons. The van der Waals surface area contributed by atoms with Crippen LogP contribution in [0.3, 0.4) is 0 Å². The van der Waals surface area contributed by atoms with Crippen LogP contribution in [0.1, 0.15) is 48.8 Å². The zero-order valence-corrected chi connectivity index (χ0v) is 13.4. The first kappa shape index (κ1) is 15.6. The molecule has 2 N–H and O–H groups in total. The minimum atomic E-state index is -0.398. The van der Waals surface area contributed by atoms with Gasteiger partial charge in [-0.1, -0.05) is 43.6 Å². The molecule has 0 radical (unpaired) electrons. The van der Waals surface area contributed by atoms with Gasteiger partial charge in [0.15, 0.2) is 0 Å². The fraction of sp³-hybridized carbons (Fsp3) is 0.353. The van der Waals surface area contributed by atoms with Gasteiger partial charge in [-0.3, -0.25) is 4.79 Å². The molecule has 0 spiro atoms. The summed E-state index contributed by atoms with van der Waals surface area (Å²) in [4.78, 5) is 11.7. The van der Waals surface area contributed by atoms with E-state index in [-0.39, 0.29) is 0 Å². The third-order valence-corrected chi connectivity index (χ3v) is 4.34. The maximum atomic E-state index is 11.7. The molecule has 21 heavy (non-hydrogen) atoms. The van der Waals surface area contributed by atoms with E-state index in [1.807, 2.05) is 37.3 Å². The highest BCUT2D eigenvalue weighted by atomic mass is 35.5. The zero-order valence-electron chi connectivity index (χ0n) is 12.7. The number of hydrogen-bond donors (Lipinski definition) is 1. The summed E-state index contributed by atoms with van der Waals surface area (Å²) in [6.45, 7) is 6.24. The average Bonchev–Trinajstić information content (AvgIpc) is 2.79. The van der Waals surface area contributed by atoms with Crippen molar-refractivity contribution in [3.05, 3.63) is 46.6 Å². The fourth-order valence-electron chi connectivity index (χ4n) is 2.87. The van der Waals surface area contributed by atoms with Gasteiger partial charge in [0.2, 0.25) is 0 Å².